The van der Waals surface area contributed by atoms with Crippen molar-refractivity contribution >= 4 is 46.3 Å². The Hall–Kier alpha value is -1.92. The summed E-state index contributed by atoms with van der Waals surface area (Å²) in [6.07, 6.45) is 5.40. The van der Waals surface area contributed by atoms with Gasteiger partial charge in [-0.2, -0.15) is 0 Å². The molecule has 1 aromatic carbocycles. The molecule has 1 aliphatic rings. The zero-order valence-corrected chi connectivity index (χ0v) is 13.7. The van der Waals surface area contributed by atoms with Crippen molar-refractivity contribution < 1.29 is 14.3 Å². The summed E-state index contributed by atoms with van der Waals surface area (Å²) in [7, 11) is 0. The molecule has 114 valence electrons. The highest BCUT2D eigenvalue weighted by molar-refractivity contribution is 8.26. The maximum absolute atomic E-state index is 12.2. The average Bonchev–Trinajstić information content (AvgIpc) is 2.76. The van der Waals surface area contributed by atoms with Crippen LogP contribution < -0.4 is 0 Å². The van der Waals surface area contributed by atoms with Gasteiger partial charge in [-0.25, -0.2) is 0 Å². The average molecular weight is 333 g/mol. The van der Waals surface area contributed by atoms with E-state index in [1.54, 1.807) is 19.1 Å². The molecule has 1 aromatic rings. The Bertz CT molecular complexity index is 638. The van der Waals surface area contributed by atoms with E-state index in [1.807, 2.05) is 36.4 Å². The number of amides is 1. The van der Waals surface area contributed by atoms with E-state index in [0.29, 0.717) is 9.23 Å². The minimum atomic E-state index is -0.458. The monoisotopic (exact) mass is 333 g/mol. The lowest BCUT2D eigenvalue weighted by atomic mass is 10.2. The molecule has 1 heterocycles. The first-order valence-corrected chi connectivity index (χ1v) is 7.97. The van der Waals surface area contributed by atoms with Crippen molar-refractivity contribution in [2.75, 3.05) is 13.2 Å². The SMILES string of the molecule is CCOC(=O)CN1C(=O)/C(=C/C=C/c2ccccc2)SC1=S. The Morgan fingerprint density at radius 2 is 2.09 bits per heavy atom. The van der Waals surface area contributed by atoms with Gasteiger partial charge in [0, 0.05) is 0 Å². The normalized spacial score (nSPS) is 16.8. The molecule has 22 heavy (non-hydrogen) atoms. The Morgan fingerprint density at radius 1 is 1.36 bits per heavy atom. The lowest BCUT2D eigenvalue weighted by molar-refractivity contribution is -0.145. The molecular weight excluding hydrogens is 318 g/mol. The van der Waals surface area contributed by atoms with Crippen LogP contribution >= 0.6 is 24.0 Å². The predicted octanol–water partition coefficient (Wildman–Crippen LogP) is 3.01. The number of nitrogens with zero attached hydrogens (tertiary/aromatic N) is 1. The second-order valence-electron chi connectivity index (χ2n) is 4.37. The van der Waals surface area contributed by atoms with Gasteiger partial charge in [0.25, 0.3) is 5.91 Å². The smallest absolute Gasteiger partial charge is 0.326 e. The van der Waals surface area contributed by atoms with Gasteiger partial charge in [0.15, 0.2) is 0 Å². The number of allylic oxidation sites excluding steroid dienone is 2. The quantitative estimate of drug-likeness (QED) is 0.471. The van der Waals surface area contributed by atoms with Crippen molar-refractivity contribution in [3.8, 4) is 0 Å². The molecule has 4 nitrogen and oxygen atoms in total. The Morgan fingerprint density at radius 3 is 2.77 bits per heavy atom. The highest BCUT2D eigenvalue weighted by Gasteiger charge is 2.33. The van der Waals surface area contributed by atoms with Gasteiger partial charge in [-0.3, -0.25) is 14.5 Å². The van der Waals surface area contributed by atoms with E-state index >= 15 is 0 Å². The van der Waals surface area contributed by atoms with Gasteiger partial charge in [-0.15, -0.1) is 0 Å². The van der Waals surface area contributed by atoms with Crippen molar-refractivity contribution in [2.24, 2.45) is 0 Å². The summed E-state index contributed by atoms with van der Waals surface area (Å²) in [6, 6.07) is 9.77. The van der Waals surface area contributed by atoms with Gasteiger partial charge in [0.2, 0.25) is 0 Å². The summed E-state index contributed by atoms with van der Waals surface area (Å²) in [6.45, 7) is 1.86. The number of esters is 1. The van der Waals surface area contributed by atoms with Crippen LogP contribution in [0.5, 0.6) is 0 Å². The standard InChI is InChI=1S/C16H15NO3S2/c1-2-20-14(18)11-17-15(19)13(22-16(17)21)10-6-9-12-7-4-3-5-8-12/h3-10H,2,11H2,1H3/b9-6+,13-10-. The fraction of sp³-hybridized carbons (Fsp3) is 0.188. The fourth-order valence-corrected chi connectivity index (χ4v) is 3.00. The zero-order chi connectivity index (χ0) is 15.9. The van der Waals surface area contributed by atoms with Crippen molar-refractivity contribution in [3.05, 3.63) is 53.0 Å². The van der Waals surface area contributed by atoms with Gasteiger partial charge in [-0.1, -0.05) is 66.5 Å². The summed E-state index contributed by atoms with van der Waals surface area (Å²) in [5.41, 5.74) is 1.04. The van der Waals surface area contributed by atoms with Gasteiger partial charge >= 0.3 is 5.97 Å². The number of carbonyl (C=O) groups is 2. The van der Waals surface area contributed by atoms with Crippen LogP contribution in [0.15, 0.2) is 47.4 Å². The molecule has 0 aromatic heterocycles. The molecular formula is C16H15NO3S2. The van der Waals surface area contributed by atoms with Crippen LogP contribution in [0.25, 0.3) is 6.08 Å². The maximum atomic E-state index is 12.2. The molecule has 1 fully saturated rings. The summed E-state index contributed by atoms with van der Waals surface area (Å²) < 4.78 is 5.21. The van der Waals surface area contributed by atoms with E-state index in [-0.39, 0.29) is 19.1 Å². The lowest BCUT2D eigenvalue weighted by Crippen LogP contribution is -2.34. The summed E-state index contributed by atoms with van der Waals surface area (Å²) in [5.74, 6) is -0.722. The number of hydrogen-bond acceptors (Lipinski definition) is 5. The van der Waals surface area contributed by atoms with Crippen LogP contribution in [-0.4, -0.2) is 34.2 Å². The molecule has 0 N–H and O–H groups in total. The number of benzene rings is 1. The number of thioether (sulfide) groups is 1. The largest absolute Gasteiger partial charge is 0.465 e. The molecule has 0 saturated carbocycles. The Balaban J connectivity index is 2.03. The molecule has 0 bridgehead atoms. The molecule has 0 radical (unpaired) electrons. The highest BCUT2D eigenvalue weighted by atomic mass is 32.2. The van der Waals surface area contributed by atoms with Crippen LogP contribution in [0.1, 0.15) is 12.5 Å². The van der Waals surface area contributed by atoms with E-state index in [1.165, 1.54) is 16.7 Å². The van der Waals surface area contributed by atoms with Gasteiger partial charge < -0.3 is 4.74 Å². The van der Waals surface area contributed by atoms with Crippen molar-refractivity contribution in [1.82, 2.24) is 4.90 Å². The molecule has 2 rings (SSSR count). The van der Waals surface area contributed by atoms with E-state index < -0.39 is 5.97 Å². The second kappa shape index (κ2) is 7.91. The van der Waals surface area contributed by atoms with Crippen LogP contribution in [-0.2, 0) is 14.3 Å². The molecule has 0 aliphatic carbocycles. The number of carbonyl (C=O) groups excluding carboxylic acids is 2. The number of thiocarbonyl (C=S) groups is 1. The first-order valence-electron chi connectivity index (χ1n) is 6.74. The molecule has 1 aliphatic heterocycles. The van der Waals surface area contributed by atoms with Crippen molar-refractivity contribution in [2.45, 2.75) is 6.92 Å². The van der Waals surface area contributed by atoms with Crippen LogP contribution in [0.3, 0.4) is 0 Å². The van der Waals surface area contributed by atoms with Crippen LogP contribution in [0.4, 0.5) is 0 Å². The van der Waals surface area contributed by atoms with Crippen LogP contribution in [0, 0.1) is 0 Å². The predicted molar refractivity (Wildman–Crippen MR) is 92.1 cm³/mol. The molecule has 0 spiro atoms. The number of hydrogen-bond donors (Lipinski definition) is 0. The lowest BCUT2D eigenvalue weighted by Gasteiger charge is -2.12. The summed E-state index contributed by atoms with van der Waals surface area (Å²) in [5, 5.41) is 0. The minimum absolute atomic E-state index is 0.141. The van der Waals surface area contributed by atoms with E-state index in [4.69, 9.17) is 17.0 Å². The van der Waals surface area contributed by atoms with E-state index in [2.05, 4.69) is 0 Å². The third-order valence-corrected chi connectivity index (χ3v) is 4.20. The van der Waals surface area contributed by atoms with Crippen molar-refractivity contribution in [1.29, 1.82) is 0 Å². The molecule has 6 heteroatoms. The maximum Gasteiger partial charge on any atom is 0.326 e. The number of rotatable bonds is 5. The molecule has 0 atom stereocenters. The third kappa shape index (κ3) is 4.29. The van der Waals surface area contributed by atoms with Gasteiger partial charge in [0.1, 0.15) is 10.9 Å². The first kappa shape index (κ1) is 16.5. The summed E-state index contributed by atoms with van der Waals surface area (Å²) >= 11 is 6.32. The van der Waals surface area contributed by atoms with Crippen LogP contribution in [0.2, 0.25) is 0 Å². The second-order valence-corrected chi connectivity index (χ2v) is 6.04. The first-order chi connectivity index (χ1) is 10.6. The van der Waals surface area contributed by atoms with Crippen molar-refractivity contribution in [3.63, 3.8) is 0 Å². The zero-order valence-electron chi connectivity index (χ0n) is 12.0. The molecule has 1 amide bonds. The van der Waals surface area contributed by atoms with E-state index in [0.717, 1.165) is 5.56 Å². The molecule has 1 saturated heterocycles. The number of ether oxygens (including phenoxy) is 1. The Kier molecular flexibility index (Phi) is 5.91. The van der Waals surface area contributed by atoms with Gasteiger partial charge in [-0.05, 0) is 18.6 Å². The van der Waals surface area contributed by atoms with Gasteiger partial charge in [0.05, 0.1) is 11.5 Å². The Labute approximate surface area is 138 Å². The fourth-order valence-electron chi connectivity index (χ4n) is 1.80. The topological polar surface area (TPSA) is 46.6 Å². The summed E-state index contributed by atoms with van der Waals surface area (Å²) in [4.78, 5) is 25.4. The van der Waals surface area contributed by atoms with E-state index in [9.17, 15) is 9.59 Å². The highest BCUT2D eigenvalue weighted by Crippen LogP contribution is 2.30. The molecule has 0 unspecified atom stereocenters. The minimum Gasteiger partial charge on any atom is -0.465 e. The third-order valence-electron chi connectivity index (χ3n) is 2.80.